The van der Waals surface area contributed by atoms with E-state index in [1.54, 1.807) is 31.6 Å². The Morgan fingerprint density at radius 3 is 2.65 bits per heavy atom. The first-order valence-electron chi connectivity index (χ1n) is 8.20. The molecule has 2 heterocycles. The Morgan fingerprint density at radius 1 is 1.19 bits per heavy atom. The van der Waals surface area contributed by atoms with Gasteiger partial charge >= 0.3 is 5.97 Å². The molecule has 2 N–H and O–H groups in total. The quantitative estimate of drug-likeness (QED) is 0.725. The molecule has 0 aliphatic rings. The molecule has 26 heavy (non-hydrogen) atoms. The van der Waals surface area contributed by atoms with Gasteiger partial charge in [-0.15, -0.1) is 5.10 Å². The van der Waals surface area contributed by atoms with Crippen molar-refractivity contribution in [1.82, 2.24) is 25.3 Å². The number of aromatic nitrogens is 4. The molecule has 0 fully saturated rings. The number of hydrogen-bond donors (Lipinski definition) is 2. The highest BCUT2D eigenvalue weighted by atomic mass is 16.4. The van der Waals surface area contributed by atoms with Crippen molar-refractivity contribution in [3.63, 3.8) is 0 Å². The zero-order valence-electron chi connectivity index (χ0n) is 14.7. The molecule has 134 valence electrons. The second kappa shape index (κ2) is 6.91. The van der Waals surface area contributed by atoms with Crippen LogP contribution in [0.4, 0.5) is 0 Å². The van der Waals surface area contributed by atoms with Gasteiger partial charge in [-0.1, -0.05) is 23.4 Å². The van der Waals surface area contributed by atoms with Crippen molar-refractivity contribution in [2.45, 2.75) is 26.8 Å². The van der Waals surface area contributed by atoms with Gasteiger partial charge in [-0.2, -0.15) is 0 Å². The molecule has 0 saturated heterocycles. The number of hydrogen-bond acceptors (Lipinski definition) is 5. The van der Waals surface area contributed by atoms with Crippen molar-refractivity contribution in [3.05, 3.63) is 47.9 Å². The summed E-state index contributed by atoms with van der Waals surface area (Å²) in [5.41, 5.74) is 2.18. The van der Waals surface area contributed by atoms with Crippen LogP contribution >= 0.6 is 0 Å². The molecule has 2 atom stereocenters. The van der Waals surface area contributed by atoms with Crippen LogP contribution in [0.5, 0.6) is 0 Å². The molecule has 1 aromatic carbocycles. The molecular formula is C18H19N5O3. The highest BCUT2D eigenvalue weighted by molar-refractivity contribution is 5.94. The standard InChI is InChI=1S/C18H19N5O3/c1-10(18(25)26)11(2)20-17(24)15-12(3)23(22-21-15)14-8-4-6-13-7-5-9-19-16(13)14/h4-11H,1-3H3,(H,20,24)(H,25,26). The van der Waals surface area contributed by atoms with Gasteiger partial charge in [-0.25, -0.2) is 4.68 Å². The van der Waals surface area contributed by atoms with Crippen LogP contribution in [0.1, 0.15) is 30.0 Å². The average molecular weight is 353 g/mol. The number of benzene rings is 1. The third-order valence-electron chi connectivity index (χ3n) is 4.45. The molecule has 0 saturated carbocycles. The van der Waals surface area contributed by atoms with Crippen molar-refractivity contribution >= 4 is 22.8 Å². The van der Waals surface area contributed by atoms with E-state index in [1.807, 2.05) is 30.3 Å². The smallest absolute Gasteiger partial charge is 0.308 e. The fourth-order valence-electron chi connectivity index (χ4n) is 2.64. The lowest BCUT2D eigenvalue weighted by molar-refractivity contribution is -0.141. The van der Waals surface area contributed by atoms with Gasteiger partial charge in [-0.3, -0.25) is 14.6 Å². The Kier molecular flexibility index (Phi) is 4.66. The van der Waals surface area contributed by atoms with E-state index in [2.05, 4.69) is 20.6 Å². The fraction of sp³-hybridized carbons (Fsp3) is 0.278. The third-order valence-corrected chi connectivity index (χ3v) is 4.45. The van der Waals surface area contributed by atoms with Crippen LogP contribution in [-0.2, 0) is 4.79 Å². The minimum Gasteiger partial charge on any atom is -0.481 e. The summed E-state index contributed by atoms with van der Waals surface area (Å²) in [5, 5.41) is 20.8. The Hall–Kier alpha value is -3.29. The Bertz CT molecular complexity index is 977. The summed E-state index contributed by atoms with van der Waals surface area (Å²) in [6.07, 6.45) is 1.70. The molecule has 2 aromatic heterocycles. The number of carbonyl (C=O) groups is 2. The number of amides is 1. The summed E-state index contributed by atoms with van der Waals surface area (Å²) >= 11 is 0. The van der Waals surface area contributed by atoms with Gasteiger partial charge in [0.1, 0.15) is 0 Å². The maximum atomic E-state index is 12.5. The minimum atomic E-state index is -0.972. The summed E-state index contributed by atoms with van der Waals surface area (Å²) < 4.78 is 1.57. The van der Waals surface area contributed by atoms with Gasteiger partial charge in [0.2, 0.25) is 0 Å². The monoisotopic (exact) mass is 353 g/mol. The first kappa shape index (κ1) is 17.5. The number of nitrogens with zero attached hydrogens (tertiary/aromatic N) is 4. The summed E-state index contributed by atoms with van der Waals surface area (Å²) in [5.74, 6) is -2.14. The van der Waals surface area contributed by atoms with Gasteiger partial charge in [0.05, 0.1) is 22.8 Å². The van der Waals surface area contributed by atoms with Crippen molar-refractivity contribution in [2.75, 3.05) is 0 Å². The van der Waals surface area contributed by atoms with Crippen LogP contribution in [0.3, 0.4) is 0 Å². The molecule has 0 aliphatic carbocycles. The normalized spacial score (nSPS) is 13.3. The summed E-state index contributed by atoms with van der Waals surface area (Å²) in [4.78, 5) is 27.9. The number of carboxylic acid groups (broad SMARTS) is 1. The number of fused-ring (bicyclic) bond motifs is 1. The molecule has 0 radical (unpaired) electrons. The number of carboxylic acids is 1. The van der Waals surface area contributed by atoms with Gasteiger partial charge in [0, 0.05) is 17.6 Å². The predicted molar refractivity (Wildman–Crippen MR) is 95.1 cm³/mol. The first-order valence-corrected chi connectivity index (χ1v) is 8.20. The second-order valence-electron chi connectivity index (χ2n) is 6.18. The summed E-state index contributed by atoms with van der Waals surface area (Å²) in [6.45, 7) is 4.92. The zero-order valence-corrected chi connectivity index (χ0v) is 14.7. The molecule has 8 nitrogen and oxygen atoms in total. The largest absolute Gasteiger partial charge is 0.481 e. The number of nitrogens with one attached hydrogen (secondary N) is 1. The number of aliphatic carboxylic acids is 1. The van der Waals surface area contributed by atoms with Crippen molar-refractivity contribution in [1.29, 1.82) is 0 Å². The molecular weight excluding hydrogens is 334 g/mol. The van der Waals surface area contributed by atoms with E-state index >= 15 is 0 Å². The molecule has 0 aliphatic heterocycles. The van der Waals surface area contributed by atoms with Crippen LogP contribution in [-0.4, -0.2) is 43.0 Å². The molecule has 2 unspecified atom stereocenters. The highest BCUT2D eigenvalue weighted by Crippen LogP contribution is 2.21. The lowest BCUT2D eigenvalue weighted by Gasteiger charge is -2.17. The SMILES string of the molecule is Cc1c(C(=O)NC(C)C(C)C(=O)O)nnn1-c1cccc2cccnc12. The van der Waals surface area contributed by atoms with Gasteiger partial charge < -0.3 is 10.4 Å². The number of carbonyl (C=O) groups excluding carboxylic acids is 1. The van der Waals surface area contributed by atoms with E-state index < -0.39 is 23.8 Å². The molecule has 3 rings (SSSR count). The molecule has 0 spiro atoms. The molecule has 3 aromatic rings. The van der Waals surface area contributed by atoms with Gasteiger partial charge in [0.15, 0.2) is 5.69 Å². The summed E-state index contributed by atoms with van der Waals surface area (Å²) in [6, 6.07) is 8.94. The zero-order chi connectivity index (χ0) is 18.8. The Labute approximate surface area is 149 Å². The van der Waals surface area contributed by atoms with Crippen molar-refractivity contribution < 1.29 is 14.7 Å². The van der Waals surface area contributed by atoms with E-state index in [1.165, 1.54) is 0 Å². The average Bonchev–Trinajstić information content (AvgIpc) is 3.01. The lowest BCUT2D eigenvalue weighted by atomic mass is 10.0. The molecule has 1 amide bonds. The van der Waals surface area contributed by atoms with Crippen LogP contribution in [0.15, 0.2) is 36.5 Å². The number of rotatable bonds is 5. The highest BCUT2D eigenvalue weighted by Gasteiger charge is 2.24. The fourth-order valence-corrected chi connectivity index (χ4v) is 2.64. The van der Waals surface area contributed by atoms with Crippen molar-refractivity contribution in [2.24, 2.45) is 5.92 Å². The minimum absolute atomic E-state index is 0.155. The van der Waals surface area contributed by atoms with Crippen LogP contribution in [0.25, 0.3) is 16.6 Å². The van der Waals surface area contributed by atoms with E-state index in [4.69, 9.17) is 5.11 Å². The van der Waals surface area contributed by atoms with Crippen LogP contribution in [0.2, 0.25) is 0 Å². The number of pyridine rings is 1. The van der Waals surface area contributed by atoms with E-state index in [-0.39, 0.29) is 5.69 Å². The maximum absolute atomic E-state index is 12.5. The third kappa shape index (κ3) is 3.13. The van der Waals surface area contributed by atoms with Gasteiger partial charge in [-0.05, 0) is 32.9 Å². The van der Waals surface area contributed by atoms with E-state index in [0.717, 1.165) is 16.6 Å². The van der Waals surface area contributed by atoms with E-state index in [0.29, 0.717) is 5.69 Å². The van der Waals surface area contributed by atoms with E-state index in [9.17, 15) is 9.59 Å². The maximum Gasteiger partial charge on any atom is 0.308 e. The van der Waals surface area contributed by atoms with Crippen molar-refractivity contribution in [3.8, 4) is 5.69 Å². The summed E-state index contributed by atoms with van der Waals surface area (Å²) in [7, 11) is 0. The first-order chi connectivity index (χ1) is 12.4. The molecule has 0 bridgehead atoms. The van der Waals surface area contributed by atoms with Gasteiger partial charge in [0.25, 0.3) is 5.91 Å². The Morgan fingerprint density at radius 2 is 1.92 bits per heavy atom. The van der Waals surface area contributed by atoms with Crippen LogP contribution in [0, 0.1) is 12.8 Å². The predicted octanol–water partition coefficient (Wildman–Crippen LogP) is 1.96. The topological polar surface area (TPSA) is 110 Å². The van der Waals surface area contributed by atoms with Crippen LogP contribution < -0.4 is 5.32 Å². The Balaban J connectivity index is 1.93. The molecule has 8 heteroatoms. The number of para-hydroxylation sites is 1. The lowest BCUT2D eigenvalue weighted by Crippen LogP contribution is -2.40. The second-order valence-corrected chi connectivity index (χ2v) is 6.18.